The zero-order chi connectivity index (χ0) is 10.4. The summed E-state index contributed by atoms with van der Waals surface area (Å²) in [4.78, 5) is 15.2. The van der Waals surface area contributed by atoms with Gasteiger partial charge in [0.15, 0.2) is 0 Å². The normalized spacial score (nSPS) is 10.1. The summed E-state index contributed by atoms with van der Waals surface area (Å²) in [6.07, 6.45) is 4.82. The first-order valence-corrected chi connectivity index (χ1v) is 4.92. The summed E-state index contributed by atoms with van der Waals surface area (Å²) in [5.41, 5.74) is 6.15. The van der Waals surface area contributed by atoms with Crippen molar-refractivity contribution in [1.29, 1.82) is 0 Å². The summed E-state index contributed by atoms with van der Waals surface area (Å²) in [7, 11) is 0. The molecular weight excluding hydrogens is 200 g/mol. The van der Waals surface area contributed by atoms with Crippen molar-refractivity contribution in [2.45, 2.75) is 19.3 Å². The molecule has 1 aromatic heterocycles. The van der Waals surface area contributed by atoms with Crippen LogP contribution in [0.5, 0.6) is 0 Å². The van der Waals surface area contributed by atoms with Crippen LogP contribution in [-0.2, 0) is 11.2 Å². The van der Waals surface area contributed by atoms with E-state index in [1.165, 1.54) is 0 Å². The zero-order valence-corrected chi connectivity index (χ0v) is 8.63. The molecule has 0 atom stereocenters. The standard InChI is InChI=1S/C10H13ClN2O/c11-10-7-13-5-3-8(10)6-9(14)2-1-4-12/h3,5,7H,1-2,4,6,12H2. The topological polar surface area (TPSA) is 56.0 Å². The summed E-state index contributed by atoms with van der Waals surface area (Å²) in [6.45, 7) is 0.551. The number of halogens is 1. The summed E-state index contributed by atoms with van der Waals surface area (Å²) >= 11 is 5.86. The van der Waals surface area contributed by atoms with E-state index in [2.05, 4.69) is 4.98 Å². The predicted octanol–water partition coefficient (Wildman–Crippen LogP) is 1.59. The lowest BCUT2D eigenvalue weighted by atomic mass is 10.1. The maximum Gasteiger partial charge on any atom is 0.137 e. The monoisotopic (exact) mass is 212 g/mol. The Labute approximate surface area is 88.3 Å². The lowest BCUT2D eigenvalue weighted by molar-refractivity contribution is -0.118. The highest BCUT2D eigenvalue weighted by Gasteiger charge is 2.06. The van der Waals surface area contributed by atoms with E-state index in [1.807, 2.05) is 0 Å². The Morgan fingerprint density at radius 3 is 3.00 bits per heavy atom. The maximum atomic E-state index is 11.4. The van der Waals surface area contributed by atoms with Gasteiger partial charge in [0.05, 0.1) is 5.02 Å². The van der Waals surface area contributed by atoms with Gasteiger partial charge in [0.2, 0.25) is 0 Å². The van der Waals surface area contributed by atoms with Gasteiger partial charge in [-0.2, -0.15) is 0 Å². The van der Waals surface area contributed by atoms with Crippen molar-refractivity contribution in [3.8, 4) is 0 Å². The van der Waals surface area contributed by atoms with Gasteiger partial charge < -0.3 is 5.73 Å². The van der Waals surface area contributed by atoms with E-state index in [0.29, 0.717) is 24.4 Å². The Balaban J connectivity index is 2.52. The number of hydrogen-bond donors (Lipinski definition) is 1. The first kappa shape index (κ1) is 11.1. The van der Waals surface area contributed by atoms with Crippen molar-refractivity contribution >= 4 is 17.4 Å². The van der Waals surface area contributed by atoms with Crippen LogP contribution in [0.15, 0.2) is 18.5 Å². The van der Waals surface area contributed by atoms with Gasteiger partial charge in [-0.25, -0.2) is 0 Å². The second-order valence-corrected chi connectivity index (χ2v) is 3.48. The van der Waals surface area contributed by atoms with Gasteiger partial charge in [-0.3, -0.25) is 9.78 Å². The van der Waals surface area contributed by atoms with E-state index < -0.39 is 0 Å². The first-order chi connectivity index (χ1) is 6.74. The number of carbonyl (C=O) groups is 1. The molecule has 0 amide bonds. The summed E-state index contributed by atoms with van der Waals surface area (Å²) in [5, 5.41) is 0.550. The highest BCUT2D eigenvalue weighted by atomic mass is 35.5. The highest BCUT2D eigenvalue weighted by molar-refractivity contribution is 6.31. The number of pyridine rings is 1. The number of Topliss-reactive ketones (excluding diaryl/α,β-unsaturated/α-hetero) is 1. The molecule has 0 fully saturated rings. The Bertz CT molecular complexity index is 315. The molecule has 14 heavy (non-hydrogen) atoms. The molecule has 0 saturated heterocycles. The van der Waals surface area contributed by atoms with Crippen molar-refractivity contribution in [1.82, 2.24) is 4.98 Å². The van der Waals surface area contributed by atoms with E-state index in [-0.39, 0.29) is 5.78 Å². The average Bonchev–Trinajstić information content (AvgIpc) is 2.18. The molecule has 0 radical (unpaired) electrons. The molecule has 3 nitrogen and oxygen atoms in total. The summed E-state index contributed by atoms with van der Waals surface area (Å²) < 4.78 is 0. The molecule has 0 bridgehead atoms. The van der Waals surface area contributed by atoms with Crippen LogP contribution < -0.4 is 5.73 Å². The molecule has 1 aromatic rings. The number of nitrogens with zero attached hydrogens (tertiary/aromatic N) is 1. The lowest BCUT2D eigenvalue weighted by Crippen LogP contribution is -2.07. The molecule has 0 aliphatic heterocycles. The second-order valence-electron chi connectivity index (χ2n) is 3.07. The molecule has 0 aliphatic carbocycles. The highest BCUT2D eigenvalue weighted by Crippen LogP contribution is 2.14. The number of hydrogen-bond acceptors (Lipinski definition) is 3. The van der Waals surface area contributed by atoms with E-state index in [9.17, 15) is 4.79 Å². The van der Waals surface area contributed by atoms with E-state index in [1.54, 1.807) is 18.5 Å². The van der Waals surface area contributed by atoms with Crippen LogP contribution in [0.3, 0.4) is 0 Å². The third-order valence-electron chi connectivity index (χ3n) is 1.90. The molecular formula is C10H13ClN2O. The first-order valence-electron chi connectivity index (χ1n) is 4.54. The molecule has 76 valence electrons. The lowest BCUT2D eigenvalue weighted by Gasteiger charge is -2.01. The largest absolute Gasteiger partial charge is 0.330 e. The van der Waals surface area contributed by atoms with Gasteiger partial charge in [-0.15, -0.1) is 0 Å². The number of carbonyl (C=O) groups excluding carboxylic acids is 1. The molecule has 4 heteroatoms. The van der Waals surface area contributed by atoms with Gasteiger partial charge in [0.1, 0.15) is 5.78 Å². The summed E-state index contributed by atoms with van der Waals surface area (Å²) in [5.74, 6) is 0.170. The van der Waals surface area contributed by atoms with Crippen LogP contribution in [-0.4, -0.2) is 17.3 Å². The van der Waals surface area contributed by atoms with Gasteiger partial charge in [0.25, 0.3) is 0 Å². The summed E-state index contributed by atoms with van der Waals surface area (Å²) in [6, 6.07) is 1.77. The fraction of sp³-hybridized carbons (Fsp3) is 0.400. The van der Waals surface area contributed by atoms with Gasteiger partial charge in [-0.05, 0) is 24.6 Å². The number of nitrogens with two attached hydrogens (primary N) is 1. The number of aromatic nitrogens is 1. The maximum absolute atomic E-state index is 11.4. The van der Waals surface area contributed by atoms with Gasteiger partial charge in [0, 0.05) is 25.2 Å². The molecule has 2 N–H and O–H groups in total. The third kappa shape index (κ3) is 3.44. The van der Waals surface area contributed by atoms with Crippen molar-refractivity contribution in [2.75, 3.05) is 6.54 Å². The molecule has 0 spiro atoms. The Hall–Kier alpha value is -0.930. The molecule has 1 rings (SSSR count). The van der Waals surface area contributed by atoms with Crippen molar-refractivity contribution in [2.24, 2.45) is 5.73 Å². The van der Waals surface area contributed by atoms with Gasteiger partial charge >= 0.3 is 0 Å². The smallest absolute Gasteiger partial charge is 0.137 e. The fourth-order valence-corrected chi connectivity index (χ4v) is 1.33. The van der Waals surface area contributed by atoms with Gasteiger partial charge in [-0.1, -0.05) is 11.6 Å². The Kier molecular flexibility index (Phi) is 4.56. The van der Waals surface area contributed by atoms with E-state index >= 15 is 0 Å². The van der Waals surface area contributed by atoms with Crippen LogP contribution in [0.25, 0.3) is 0 Å². The fourth-order valence-electron chi connectivity index (χ4n) is 1.15. The van der Waals surface area contributed by atoms with E-state index in [0.717, 1.165) is 12.0 Å². The third-order valence-corrected chi connectivity index (χ3v) is 2.24. The van der Waals surface area contributed by atoms with Crippen molar-refractivity contribution in [3.05, 3.63) is 29.0 Å². The minimum absolute atomic E-state index is 0.170. The SMILES string of the molecule is NCCCC(=O)Cc1ccncc1Cl. The second kappa shape index (κ2) is 5.73. The molecule has 1 heterocycles. The van der Waals surface area contributed by atoms with Crippen LogP contribution in [0.4, 0.5) is 0 Å². The van der Waals surface area contributed by atoms with Crippen LogP contribution >= 0.6 is 11.6 Å². The van der Waals surface area contributed by atoms with Crippen molar-refractivity contribution in [3.63, 3.8) is 0 Å². The zero-order valence-electron chi connectivity index (χ0n) is 7.87. The van der Waals surface area contributed by atoms with Crippen molar-refractivity contribution < 1.29 is 4.79 Å². The Morgan fingerprint density at radius 1 is 1.57 bits per heavy atom. The predicted molar refractivity (Wildman–Crippen MR) is 56.2 cm³/mol. The van der Waals surface area contributed by atoms with E-state index in [4.69, 9.17) is 17.3 Å². The molecule has 0 unspecified atom stereocenters. The minimum Gasteiger partial charge on any atom is -0.330 e. The number of rotatable bonds is 5. The minimum atomic E-state index is 0.170. The van der Waals surface area contributed by atoms with Crippen LogP contribution in [0.1, 0.15) is 18.4 Å². The molecule has 0 aromatic carbocycles. The van der Waals surface area contributed by atoms with Crippen LogP contribution in [0.2, 0.25) is 5.02 Å². The average molecular weight is 213 g/mol. The Morgan fingerprint density at radius 2 is 2.36 bits per heavy atom. The molecule has 0 aliphatic rings. The molecule has 0 saturated carbocycles. The van der Waals surface area contributed by atoms with Crippen LogP contribution in [0, 0.1) is 0 Å². The quantitative estimate of drug-likeness (QED) is 0.807. The number of ketones is 1.